The quantitative estimate of drug-likeness (QED) is 0.683. The van der Waals surface area contributed by atoms with E-state index in [4.69, 9.17) is 18.6 Å². The smallest absolute Gasteiger partial charge is 0.289 e. The Morgan fingerprint density at radius 3 is 2.67 bits per heavy atom. The van der Waals surface area contributed by atoms with Crippen LogP contribution in [-0.4, -0.2) is 54.4 Å². The Morgan fingerprint density at radius 2 is 1.93 bits per heavy atom. The third kappa shape index (κ3) is 3.51. The number of ether oxygens (including phenoxy) is 3. The van der Waals surface area contributed by atoms with Gasteiger partial charge in [-0.25, -0.2) is 0 Å². The number of fused-ring (bicyclic) bond motifs is 1. The average molecular weight is 369 g/mol. The van der Waals surface area contributed by atoms with Crippen LogP contribution in [0.1, 0.15) is 17.0 Å². The molecule has 0 spiro atoms. The second-order valence-corrected chi connectivity index (χ2v) is 6.21. The van der Waals surface area contributed by atoms with Crippen LogP contribution in [-0.2, 0) is 0 Å². The average Bonchev–Trinajstić information content (AvgIpc) is 3.34. The predicted molar refractivity (Wildman–Crippen MR) is 96.3 cm³/mol. The maximum absolute atomic E-state index is 12.8. The Labute approximate surface area is 155 Å². The molecular weight excluding hydrogens is 350 g/mol. The molecule has 1 atom stereocenters. The molecule has 1 fully saturated rings. The summed E-state index contributed by atoms with van der Waals surface area (Å²) >= 11 is 0. The number of nitrogens with zero attached hydrogens (tertiary/aromatic N) is 3. The zero-order valence-electron chi connectivity index (χ0n) is 15.0. The SMILES string of the molecule is COc1ccc2oc(C(=O)N3CCC(Oc4ccc(OC)nn4)C3)cc2c1. The van der Waals surface area contributed by atoms with Gasteiger partial charge in [-0.1, -0.05) is 0 Å². The first-order chi connectivity index (χ1) is 13.2. The fourth-order valence-corrected chi connectivity index (χ4v) is 3.07. The Bertz CT molecular complexity index is 954. The molecule has 0 bridgehead atoms. The lowest BCUT2D eigenvalue weighted by Crippen LogP contribution is -2.30. The molecule has 2 aromatic heterocycles. The van der Waals surface area contributed by atoms with E-state index in [-0.39, 0.29) is 12.0 Å². The van der Waals surface area contributed by atoms with E-state index < -0.39 is 0 Å². The zero-order chi connectivity index (χ0) is 18.8. The second kappa shape index (κ2) is 7.14. The second-order valence-electron chi connectivity index (χ2n) is 6.21. The molecule has 1 aliphatic heterocycles. The zero-order valence-corrected chi connectivity index (χ0v) is 15.0. The maximum Gasteiger partial charge on any atom is 0.289 e. The third-order valence-electron chi connectivity index (χ3n) is 4.48. The summed E-state index contributed by atoms with van der Waals surface area (Å²) in [7, 11) is 3.13. The first-order valence-electron chi connectivity index (χ1n) is 8.57. The van der Waals surface area contributed by atoms with Crippen molar-refractivity contribution in [2.24, 2.45) is 0 Å². The molecule has 8 heteroatoms. The van der Waals surface area contributed by atoms with Crippen LogP contribution in [0.3, 0.4) is 0 Å². The van der Waals surface area contributed by atoms with Crippen molar-refractivity contribution in [2.75, 3.05) is 27.3 Å². The molecule has 1 saturated heterocycles. The number of hydrogen-bond donors (Lipinski definition) is 0. The van der Waals surface area contributed by atoms with E-state index in [1.165, 1.54) is 7.11 Å². The molecule has 3 aromatic rings. The highest BCUT2D eigenvalue weighted by Crippen LogP contribution is 2.26. The van der Waals surface area contributed by atoms with E-state index in [0.717, 1.165) is 11.1 Å². The Hall–Kier alpha value is -3.29. The van der Waals surface area contributed by atoms with Crippen LogP contribution < -0.4 is 14.2 Å². The molecule has 4 rings (SSSR count). The molecule has 1 aliphatic rings. The number of likely N-dealkylation sites (tertiary alicyclic amines) is 1. The highest BCUT2D eigenvalue weighted by molar-refractivity contribution is 5.96. The Morgan fingerprint density at radius 1 is 1.11 bits per heavy atom. The van der Waals surface area contributed by atoms with Crippen molar-refractivity contribution in [1.29, 1.82) is 0 Å². The lowest BCUT2D eigenvalue weighted by molar-refractivity contribution is 0.0742. The topological polar surface area (TPSA) is 86.9 Å². The lowest BCUT2D eigenvalue weighted by Gasteiger charge is -2.15. The Balaban J connectivity index is 1.42. The van der Waals surface area contributed by atoms with E-state index >= 15 is 0 Å². The van der Waals surface area contributed by atoms with Gasteiger partial charge in [0, 0.05) is 30.5 Å². The van der Waals surface area contributed by atoms with E-state index in [1.807, 2.05) is 6.07 Å². The molecule has 140 valence electrons. The minimum absolute atomic E-state index is 0.138. The van der Waals surface area contributed by atoms with Gasteiger partial charge in [0.1, 0.15) is 17.4 Å². The fourth-order valence-electron chi connectivity index (χ4n) is 3.07. The van der Waals surface area contributed by atoms with E-state index in [2.05, 4.69) is 10.2 Å². The van der Waals surface area contributed by atoms with E-state index in [0.29, 0.717) is 42.6 Å². The number of carbonyl (C=O) groups is 1. The number of amides is 1. The summed E-state index contributed by atoms with van der Waals surface area (Å²) in [5, 5.41) is 8.66. The van der Waals surface area contributed by atoms with Gasteiger partial charge >= 0.3 is 0 Å². The minimum Gasteiger partial charge on any atom is -0.497 e. The van der Waals surface area contributed by atoms with Gasteiger partial charge in [0.15, 0.2) is 5.76 Å². The third-order valence-corrected chi connectivity index (χ3v) is 4.48. The summed E-state index contributed by atoms with van der Waals surface area (Å²) < 4.78 is 21.7. The van der Waals surface area contributed by atoms with Crippen molar-refractivity contribution in [2.45, 2.75) is 12.5 Å². The molecule has 8 nitrogen and oxygen atoms in total. The van der Waals surface area contributed by atoms with E-state index in [9.17, 15) is 4.79 Å². The van der Waals surface area contributed by atoms with Gasteiger partial charge in [0.25, 0.3) is 5.91 Å². The summed E-state index contributed by atoms with van der Waals surface area (Å²) in [6.45, 7) is 1.06. The number of benzene rings is 1. The van der Waals surface area contributed by atoms with Crippen molar-refractivity contribution < 1.29 is 23.4 Å². The first-order valence-corrected chi connectivity index (χ1v) is 8.57. The maximum atomic E-state index is 12.8. The molecule has 0 N–H and O–H groups in total. The summed E-state index contributed by atoms with van der Waals surface area (Å²) in [5.74, 6) is 1.70. The van der Waals surface area contributed by atoms with Crippen LogP contribution in [0.15, 0.2) is 40.8 Å². The first kappa shape index (κ1) is 17.1. The number of furan rings is 1. The molecule has 27 heavy (non-hydrogen) atoms. The van der Waals surface area contributed by atoms with Crippen molar-refractivity contribution in [3.05, 3.63) is 42.2 Å². The van der Waals surface area contributed by atoms with Gasteiger partial charge in [0.2, 0.25) is 11.8 Å². The van der Waals surface area contributed by atoms with Crippen LogP contribution in [0.25, 0.3) is 11.0 Å². The van der Waals surface area contributed by atoms with Crippen molar-refractivity contribution in [3.8, 4) is 17.5 Å². The molecule has 1 unspecified atom stereocenters. The van der Waals surface area contributed by atoms with Crippen LogP contribution in [0, 0.1) is 0 Å². The van der Waals surface area contributed by atoms with Crippen molar-refractivity contribution in [1.82, 2.24) is 15.1 Å². The van der Waals surface area contributed by atoms with Crippen molar-refractivity contribution >= 4 is 16.9 Å². The van der Waals surface area contributed by atoms with Gasteiger partial charge in [-0.3, -0.25) is 4.79 Å². The summed E-state index contributed by atoms with van der Waals surface area (Å²) in [6.07, 6.45) is 0.578. The number of carbonyl (C=O) groups excluding carboxylic acids is 1. The standard InChI is InChI=1S/C19H19N3O5/c1-24-13-3-4-15-12(9-13)10-16(27-15)19(23)22-8-7-14(11-22)26-18-6-5-17(25-2)20-21-18/h3-6,9-10,14H,7-8,11H2,1-2H3. The highest BCUT2D eigenvalue weighted by Gasteiger charge is 2.30. The molecule has 1 aromatic carbocycles. The molecule has 0 radical (unpaired) electrons. The molecule has 0 aliphatic carbocycles. The van der Waals surface area contributed by atoms with Gasteiger partial charge < -0.3 is 23.5 Å². The number of hydrogen-bond acceptors (Lipinski definition) is 7. The summed E-state index contributed by atoms with van der Waals surface area (Å²) in [4.78, 5) is 14.5. The van der Waals surface area contributed by atoms with Gasteiger partial charge in [-0.15, -0.1) is 10.2 Å². The number of methoxy groups -OCH3 is 2. The van der Waals surface area contributed by atoms with Gasteiger partial charge in [-0.05, 0) is 24.3 Å². The van der Waals surface area contributed by atoms with Gasteiger partial charge in [-0.2, -0.15) is 0 Å². The minimum atomic E-state index is -0.155. The monoisotopic (exact) mass is 369 g/mol. The Kier molecular flexibility index (Phi) is 4.53. The van der Waals surface area contributed by atoms with Crippen molar-refractivity contribution in [3.63, 3.8) is 0 Å². The molecule has 0 saturated carbocycles. The largest absolute Gasteiger partial charge is 0.497 e. The summed E-state index contributed by atoms with van der Waals surface area (Å²) in [6, 6.07) is 10.6. The van der Waals surface area contributed by atoms with Gasteiger partial charge in [0.05, 0.1) is 20.8 Å². The molecule has 1 amide bonds. The van der Waals surface area contributed by atoms with E-state index in [1.54, 1.807) is 42.3 Å². The molecule has 3 heterocycles. The number of rotatable bonds is 5. The van der Waals surface area contributed by atoms with Crippen LogP contribution in [0.4, 0.5) is 0 Å². The fraction of sp³-hybridized carbons (Fsp3) is 0.316. The molecular formula is C19H19N3O5. The van der Waals surface area contributed by atoms with Crippen LogP contribution in [0.5, 0.6) is 17.5 Å². The lowest BCUT2D eigenvalue weighted by atomic mass is 10.2. The predicted octanol–water partition coefficient (Wildman–Crippen LogP) is 2.53. The highest BCUT2D eigenvalue weighted by atomic mass is 16.5. The number of aromatic nitrogens is 2. The van der Waals surface area contributed by atoms with Crippen LogP contribution >= 0.6 is 0 Å². The normalized spacial score (nSPS) is 16.5. The summed E-state index contributed by atoms with van der Waals surface area (Å²) in [5.41, 5.74) is 0.652. The van der Waals surface area contributed by atoms with Crippen LogP contribution in [0.2, 0.25) is 0 Å².